The van der Waals surface area contributed by atoms with Crippen LogP contribution < -0.4 is 0 Å². The summed E-state index contributed by atoms with van der Waals surface area (Å²) in [4.78, 5) is 3.59. The molecule has 0 atom stereocenters. The van der Waals surface area contributed by atoms with Crippen LogP contribution in [-0.4, -0.2) is 66.3 Å². The molecule has 0 aromatic rings. The van der Waals surface area contributed by atoms with Gasteiger partial charge in [0.25, 0.3) is 0 Å². The second-order valence-corrected chi connectivity index (χ2v) is 2.97. The molecule has 0 saturated carbocycles. The second-order valence-electron chi connectivity index (χ2n) is 1.61. The van der Waals surface area contributed by atoms with Gasteiger partial charge in [0.15, 0.2) is 0 Å². The molecule has 1 aliphatic rings. The van der Waals surface area contributed by atoms with Gasteiger partial charge in [0.2, 0.25) is 0 Å². The molecule has 1 rings (SSSR count). The van der Waals surface area contributed by atoms with Crippen molar-refractivity contribution in [3.05, 3.63) is 0 Å². The van der Waals surface area contributed by atoms with Crippen LogP contribution in [0.15, 0.2) is 4.99 Å². The zero-order chi connectivity index (χ0) is 6.91. The first-order chi connectivity index (χ1) is 4.11. The molecule has 0 saturated heterocycles. The Hall–Kier alpha value is 0.380. The van der Waals surface area contributed by atoms with Gasteiger partial charge in [0.1, 0.15) is 6.34 Å². The predicted molar refractivity (Wildman–Crippen MR) is 38.8 cm³/mol. The van der Waals surface area contributed by atoms with E-state index >= 15 is 0 Å². The maximum absolute atomic E-state index is 10.2. The van der Waals surface area contributed by atoms with Crippen LogP contribution >= 0.6 is 0 Å². The van der Waals surface area contributed by atoms with Crippen molar-refractivity contribution in [3.8, 4) is 0 Å². The van der Waals surface area contributed by atoms with Gasteiger partial charge in [-0.15, -0.1) is 0 Å². The molecule has 10 heavy (non-hydrogen) atoms. The summed E-state index contributed by atoms with van der Waals surface area (Å²) in [6.07, 6.45) is 1.11. The van der Waals surface area contributed by atoms with Crippen LogP contribution in [0.25, 0.3) is 0 Å². The van der Waals surface area contributed by atoms with Crippen molar-refractivity contribution in [2.24, 2.45) is 4.99 Å². The molecule has 0 spiro atoms. The van der Waals surface area contributed by atoms with E-state index in [0.717, 1.165) is 10.6 Å². The molecule has 1 aliphatic heterocycles. The summed E-state index contributed by atoms with van der Waals surface area (Å²) in [6, 6.07) is 0. The van der Waals surface area contributed by atoms with Gasteiger partial charge in [-0.25, -0.2) is 4.31 Å². The molecule has 0 aliphatic carbocycles. The molecule has 7 heteroatoms. The van der Waals surface area contributed by atoms with E-state index < -0.39 is 10.3 Å². The Labute approximate surface area is 81.3 Å². The average molecular weight is 174 g/mol. The fourth-order valence-electron chi connectivity index (χ4n) is 0.538. The van der Waals surface area contributed by atoms with E-state index in [-0.39, 0.29) is 36.1 Å². The third kappa shape index (κ3) is 2.55. The van der Waals surface area contributed by atoms with Crippen LogP contribution in [0, 0.1) is 0 Å². The van der Waals surface area contributed by atoms with Crippen molar-refractivity contribution in [2.75, 3.05) is 13.1 Å². The summed E-state index contributed by atoms with van der Waals surface area (Å²) in [5.74, 6) is 0. The van der Waals surface area contributed by atoms with E-state index in [1.807, 2.05) is 0 Å². The molecule has 0 amide bonds. The molecular weight excluding hydrogens is 167 g/mol. The van der Waals surface area contributed by atoms with Crippen LogP contribution in [0.5, 0.6) is 0 Å². The molecule has 0 aromatic heterocycles. The SMILES string of the molecule is O=S(=O)(O)N1C=NCC1.[NaH]. The predicted octanol–water partition coefficient (Wildman–Crippen LogP) is -1.52. The molecule has 5 nitrogen and oxygen atoms in total. The third-order valence-electron chi connectivity index (χ3n) is 0.956. The van der Waals surface area contributed by atoms with Crippen LogP contribution in [0.3, 0.4) is 0 Å². The number of hydrogen-bond acceptors (Lipinski definition) is 3. The van der Waals surface area contributed by atoms with E-state index in [4.69, 9.17) is 4.55 Å². The van der Waals surface area contributed by atoms with Gasteiger partial charge in [0, 0.05) is 0 Å². The minimum atomic E-state index is -4.02. The first kappa shape index (κ1) is 10.4. The van der Waals surface area contributed by atoms with Crippen LogP contribution in [0.1, 0.15) is 0 Å². The number of rotatable bonds is 1. The van der Waals surface area contributed by atoms with Crippen LogP contribution in [0.4, 0.5) is 0 Å². The first-order valence-corrected chi connectivity index (χ1v) is 3.74. The van der Waals surface area contributed by atoms with Gasteiger partial charge >= 0.3 is 39.9 Å². The van der Waals surface area contributed by atoms with Gasteiger partial charge in [-0.05, 0) is 0 Å². The average Bonchev–Trinajstić information content (AvgIpc) is 2.08. The van der Waals surface area contributed by atoms with E-state index in [1.165, 1.54) is 0 Å². The van der Waals surface area contributed by atoms with E-state index in [9.17, 15) is 8.42 Å². The Morgan fingerprint density at radius 3 is 2.40 bits per heavy atom. The van der Waals surface area contributed by atoms with Crippen molar-refractivity contribution in [1.82, 2.24) is 4.31 Å². The summed E-state index contributed by atoms with van der Waals surface area (Å²) in [5.41, 5.74) is 0. The molecule has 1 N–H and O–H groups in total. The third-order valence-corrected chi connectivity index (χ3v) is 1.83. The normalized spacial score (nSPS) is 17.1. The summed E-state index contributed by atoms with van der Waals surface area (Å²) >= 11 is 0. The minimum absolute atomic E-state index is 0. The van der Waals surface area contributed by atoms with E-state index in [1.54, 1.807) is 0 Å². The Morgan fingerprint density at radius 2 is 2.20 bits per heavy atom. The van der Waals surface area contributed by atoms with Crippen molar-refractivity contribution in [1.29, 1.82) is 0 Å². The fourth-order valence-corrected chi connectivity index (χ4v) is 1.04. The summed E-state index contributed by atoms with van der Waals surface area (Å²) in [6.45, 7) is 0.679. The van der Waals surface area contributed by atoms with E-state index in [0.29, 0.717) is 6.54 Å². The van der Waals surface area contributed by atoms with Crippen molar-refractivity contribution >= 4 is 46.2 Å². The molecule has 0 fully saturated rings. The van der Waals surface area contributed by atoms with E-state index in [2.05, 4.69) is 4.99 Å². The topological polar surface area (TPSA) is 70.0 Å². The monoisotopic (exact) mass is 174 g/mol. The first-order valence-electron chi connectivity index (χ1n) is 2.35. The molecule has 1 heterocycles. The molecular formula is C3H7N2NaO3S. The van der Waals surface area contributed by atoms with Gasteiger partial charge in [-0.1, -0.05) is 0 Å². The summed E-state index contributed by atoms with van der Waals surface area (Å²) in [5, 5.41) is 0. The van der Waals surface area contributed by atoms with Gasteiger partial charge in [0.05, 0.1) is 13.1 Å². The van der Waals surface area contributed by atoms with Gasteiger partial charge in [-0.3, -0.25) is 9.55 Å². The van der Waals surface area contributed by atoms with Gasteiger partial charge < -0.3 is 0 Å². The zero-order valence-electron chi connectivity index (χ0n) is 4.56. The van der Waals surface area contributed by atoms with Crippen molar-refractivity contribution < 1.29 is 13.0 Å². The Morgan fingerprint density at radius 1 is 1.60 bits per heavy atom. The quantitative estimate of drug-likeness (QED) is 0.388. The zero-order valence-corrected chi connectivity index (χ0v) is 5.37. The van der Waals surface area contributed by atoms with Crippen molar-refractivity contribution in [3.63, 3.8) is 0 Å². The number of hydrogen-bond donors (Lipinski definition) is 1. The Bertz CT molecular complexity index is 224. The molecule has 54 valence electrons. The van der Waals surface area contributed by atoms with Gasteiger partial charge in [-0.2, -0.15) is 8.42 Å². The van der Waals surface area contributed by atoms with Crippen molar-refractivity contribution in [2.45, 2.75) is 0 Å². The summed E-state index contributed by atoms with van der Waals surface area (Å²) in [7, 11) is -4.02. The Kier molecular flexibility index (Phi) is 3.82. The number of aliphatic imine (C=N–C) groups is 1. The molecule has 0 bridgehead atoms. The molecule has 0 aromatic carbocycles. The molecule has 0 unspecified atom stereocenters. The maximum atomic E-state index is 10.2. The molecule has 0 radical (unpaired) electrons. The van der Waals surface area contributed by atoms with Crippen LogP contribution in [0.2, 0.25) is 0 Å². The fraction of sp³-hybridized carbons (Fsp3) is 0.667. The standard InChI is InChI=1S/C3H6N2O3S.Na.H/c6-9(7,8)5-2-1-4-3-5;;/h3H,1-2H2,(H,6,7,8);;. The summed E-state index contributed by atoms with van der Waals surface area (Å²) < 4.78 is 29.6. The van der Waals surface area contributed by atoms with Crippen LogP contribution in [-0.2, 0) is 10.3 Å². The second kappa shape index (κ2) is 3.68. The number of nitrogens with zero attached hydrogens (tertiary/aromatic N) is 2. The Balaban J connectivity index is 0.000000810.